The summed E-state index contributed by atoms with van der Waals surface area (Å²) in [5, 5.41) is 27.3. The molecule has 0 saturated carbocycles. The molecule has 4 aromatic rings. The number of carboxylic acids is 2. The minimum Gasteiger partial charge on any atom is -0.496 e. The van der Waals surface area contributed by atoms with E-state index in [1.165, 1.54) is 25.3 Å². The van der Waals surface area contributed by atoms with Gasteiger partial charge in [0.2, 0.25) is 0 Å². The number of carboxylic acid groups (broad SMARTS) is 2. The second-order valence-electron chi connectivity index (χ2n) is 6.84. The molecule has 2 N–H and O–H groups in total. The molecule has 0 fully saturated rings. The summed E-state index contributed by atoms with van der Waals surface area (Å²) in [7, 11) is 1.48. The van der Waals surface area contributed by atoms with Crippen LogP contribution in [0.4, 0.5) is 0 Å². The molecule has 2 heterocycles. The smallest absolute Gasteiger partial charge is 0.342 e. The van der Waals surface area contributed by atoms with Crippen LogP contribution in [0.2, 0.25) is 10.0 Å². The number of benzene rings is 2. The molecule has 0 radical (unpaired) electrons. The van der Waals surface area contributed by atoms with Crippen LogP contribution in [0.5, 0.6) is 5.75 Å². The first kappa shape index (κ1) is 24.4. The number of carbonyl (C=O) groups is 2. The van der Waals surface area contributed by atoms with E-state index < -0.39 is 11.9 Å². The van der Waals surface area contributed by atoms with Crippen LogP contribution in [0.15, 0.2) is 67.5 Å². The number of nitrogens with zero attached hydrogens (tertiary/aromatic N) is 2. The summed E-state index contributed by atoms with van der Waals surface area (Å²) in [5.74, 6) is -1.31. The Balaban J connectivity index is 1.59. The Bertz CT molecular complexity index is 1460. The fraction of sp³-hybridized carbons (Fsp3) is 0.0435. The Labute approximate surface area is 211 Å². The molecule has 0 unspecified atom stereocenters. The molecule has 0 bridgehead atoms. The zero-order valence-corrected chi connectivity index (χ0v) is 20.0. The topological polar surface area (TPSA) is 136 Å². The van der Waals surface area contributed by atoms with Crippen LogP contribution >= 0.6 is 35.0 Å². The van der Waals surface area contributed by atoms with Gasteiger partial charge in [-0.3, -0.25) is 0 Å². The van der Waals surface area contributed by atoms with Crippen molar-refractivity contribution >= 4 is 53.0 Å². The monoisotopic (exact) mass is 532 g/mol. The molecule has 9 nitrogen and oxygen atoms in total. The number of rotatable bonds is 8. The van der Waals surface area contributed by atoms with Gasteiger partial charge in [0, 0.05) is 16.7 Å². The maximum Gasteiger partial charge on any atom is 0.342 e. The molecule has 0 saturated heterocycles. The molecule has 35 heavy (non-hydrogen) atoms. The van der Waals surface area contributed by atoms with E-state index >= 15 is 0 Å². The largest absolute Gasteiger partial charge is 0.496 e. The van der Waals surface area contributed by atoms with Gasteiger partial charge in [0.05, 0.1) is 23.3 Å². The van der Waals surface area contributed by atoms with Gasteiger partial charge in [-0.25, -0.2) is 9.59 Å². The first-order valence-electron chi connectivity index (χ1n) is 9.68. The third-order valence-corrected chi connectivity index (χ3v) is 6.00. The van der Waals surface area contributed by atoms with Crippen LogP contribution < -0.4 is 4.74 Å². The lowest BCUT2D eigenvalue weighted by molar-refractivity contribution is -0.131. The maximum atomic E-state index is 11.8. The van der Waals surface area contributed by atoms with Crippen molar-refractivity contribution in [1.82, 2.24) is 10.2 Å². The number of halogens is 2. The lowest BCUT2D eigenvalue weighted by Crippen LogP contribution is -1.97. The normalized spacial score (nSPS) is 11.5. The Kier molecular flexibility index (Phi) is 7.15. The molecule has 2 aromatic carbocycles. The number of aromatic nitrogens is 2. The number of aromatic carboxylic acids is 1. The highest BCUT2D eigenvalue weighted by atomic mass is 35.5. The van der Waals surface area contributed by atoms with Crippen LogP contribution in [0.1, 0.15) is 16.1 Å². The molecule has 4 rings (SSSR count). The SMILES string of the molecule is COc1ccc(Cl)cc1-c1nnc(S/C(=C\c2ccc(-c3ccc(Cl)c(C(=O)O)c3)o2)C(=O)O)o1. The van der Waals surface area contributed by atoms with Gasteiger partial charge < -0.3 is 23.8 Å². The highest BCUT2D eigenvalue weighted by molar-refractivity contribution is 8.03. The average molecular weight is 533 g/mol. The number of thioether (sulfide) groups is 1. The van der Waals surface area contributed by atoms with Crippen LogP contribution in [0.25, 0.3) is 28.9 Å². The lowest BCUT2D eigenvalue weighted by Gasteiger charge is -2.04. The summed E-state index contributed by atoms with van der Waals surface area (Å²) >= 11 is 12.7. The lowest BCUT2D eigenvalue weighted by atomic mass is 10.1. The van der Waals surface area contributed by atoms with E-state index in [4.69, 9.17) is 36.8 Å². The van der Waals surface area contributed by atoms with Crippen molar-refractivity contribution < 1.29 is 33.4 Å². The minimum absolute atomic E-state index is 0.0220. The summed E-state index contributed by atoms with van der Waals surface area (Å²) in [6.07, 6.45) is 1.29. The van der Waals surface area contributed by atoms with E-state index in [0.717, 1.165) is 11.8 Å². The van der Waals surface area contributed by atoms with E-state index in [1.807, 2.05) is 0 Å². The maximum absolute atomic E-state index is 11.8. The van der Waals surface area contributed by atoms with Crippen LogP contribution in [-0.2, 0) is 4.79 Å². The van der Waals surface area contributed by atoms with Gasteiger partial charge in [-0.05, 0) is 60.3 Å². The Morgan fingerprint density at radius 2 is 1.83 bits per heavy atom. The van der Waals surface area contributed by atoms with Crippen molar-refractivity contribution in [1.29, 1.82) is 0 Å². The summed E-state index contributed by atoms with van der Waals surface area (Å²) in [5.41, 5.74) is 0.843. The summed E-state index contributed by atoms with van der Waals surface area (Å²) in [4.78, 5) is 23.0. The third-order valence-electron chi connectivity index (χ3n) is 4.59. The number of aliphatic carboxylic acids is 1. The van der Waals surface area contributed by atoms with E-state index in [2.05, 4.69) is 10.2 Å². The molecule has 2 aromatic heterocycles. The molecule has 0 amide bonds. The first-order chi connectivity index (χ1) is 16.7. The van der Waals surface area contributed by atoms with E-state index in [1.54, 1.807) is 36.4 Å². The molecule has 0 spiro atoms. The highest BCUT2D eigenvalue weighted by Gasteiger charge is 2.19. The van der Waals surface area contributed by atoms with Crippen LogP contribution in [0, 0.1) is 0 Å². The van der Waals surface area contributed by atoms with E-state index in [0.29, 0.717) is 27.7 Å². The van der Waals surface area contributed by atoms with Gasteiger partial charge in [0.1, 0.15) is 22.2 Å². The Morgan fingerprint density at radius 1 is 1.03 bits per heavy atom. The van der Waals surface area contributed by atoms with Crippen LogP contribution in [-0.4, -0.2) is 39.5 Å². The molecular formula is C23H14Cl2N2O7S. The molecule has 0 aliphatic heterocycles. The van der Waals surface area contributed by atoms with Crippen molar-refractivity contribution in [2.45, 2.75) is 5.22 Å². The predicted molar refractivity (Wildman–Crippen MR) is 129 cm³/mol. The van der Waals surface area contributed by atoms with Crippen molar-refractivity contribution in [3.8, 4) is 28.5 Å². The first-order valence-corrected chi connectivity index (χ1v) is 11.3. The second kappa shape index (κ2) is 10.3. The zero-order valence-electron chi connectivity index (χ0n) is 17.7. The molecular weight excluding hydrogens is 519 g/mol. The number of hydrogen-bond donors (Lipinski definition) is 2. The highest BCUT2D eigenvalue weighted by Crippen LogP contribution is 2.35. The summed E-state index contributed by atoms with van der Waals surface area (Å²) < 4.78 is 16.6. The number of hydrogen-bond acceptors (Lipinski definition) is 8. The van der Waals surface area contributed by atoms with Gasteiger partial charge in [-0.1, -0.05) is 23.2 Å². The number of furan rings is 1. The number of ether oxygens (including phenoxy) is 1. The Morgan fingerprint density at radius 3 is 2.54 bits per heavy atom. The van der Waals surface area contributed by atoms with Gasteiger partial charge in [-0.15, -0.1) is 10.2 Å². The standard InChI is InChI=1S/C23H14Cl2N2O7S/c1-32-18-6-3-12(24)9-15(18)20-26-27-23(34-20)35-19(22(30)31)10-13-4-7-17(33-13)11-2-5-16(25)14(8-11)21(28)29/h2-10H,1H3,(H,28,29)(H,30,31)/b19-10-. The third kappa shape index (κ3) is 5.51. The fourth-order valence-corrected chi connectivity index (χ4v) is 4.02. The average Bonchev–Trinajstić information content (AvgIpc) is 3.48. The van der Waals surface area contributed by atoms with Gasteiger partial charge in [0.15, 0.2) is 0 Å². The summed E-state index contributed by atoms with van der Waals surface area (Å²) in [6, 6.07) is 12.4. The molecule has 12 heteroatoms. The van der Waals surface area contributed by atoms with Gasteiger partial charge in [-0.2, -0.15) is 0 Å². The zero-order chi connectivity index (χ0) is 25.1. The van der Waals surface area contributed by atoms with Gasteiger partial charge >= 0.3 is 11.9 Å². The van der Waals surface area contributed by atoms with E-state index in [-0.39, 0.29) is 32.4 Å². The van der Waals surface area contributed by atoms with Crippen molar-refractivity contribution in [3.63, 3.8) is 0 Å². The van der Waals surface area contributed by atoms with Crippen molar-refractivity contribution in [3.05, 3.63) is 74.8 Å². The van der Waals surface area contributed by atoms with Gasteiger partial charge in [0.25, 0.3) is 11.1 Å². The summed E-state index contributed by atoms with van der Waals surface area (Å²) in [6.45, 7) is 0. The van der Waals surface area contributed by atoms with E-state index in [9.17, 15) is 19.8 Å². The molecule has 178 valence electrons. The Hall–Kier alpha value is -3.73. The van der Waals surface area contributed by atoms with Crippen molar-refractivity contribution in [2.24, 2.45) is 0 Å². The predicted octanol–water partition coefficient (Wildman–Crippen LogP) is 6.23. The molecule has 0 aliphatic rings. The quantitative estimate of drug-likeness (QED) is 0.198. The van der Waals surface area contributed by atoms with Crippen LogP contribution in [0.3, 0.4) is 0 Å². The van der Waals surface area contributed by atoms with Crippen molar-refractivity contribution in [2.75, 3.05) is 7.11 Å². The second-order valence-corrected chi connectivity index (χ2v) is 8.67. The minimum atomic E-state index is -1.24. The number of methoxy groups -OCH3 is 1. The molecule has 0 aliphatic carbocycles. The molecule has 0 atom stereocenters. The fourth-order valence-electron chi connectivity index (χ4n) is 2.99.